The second-order valence-corrected chi connectivity index (χ2v) is 8.25. The van der Waals surface area contributed by atoms with Gasteiger partial charge < -0.3 is 30.6 Å². The van der Waals surface area contributed by atoms with Crippen molar-refractivity contribution in [3.05, 3.63) is 81.8 Å². The molecular formula is C25H16Cl2O7. The van der Waals surface area contributed by atoms with Crippen LogP contribution in [0.3, 0.4) is 0 Å². The molecule has 7 nitrogen and oxygen atoms in total. The maximum Gasteiger partial charge on any atom is 0.196 e. The Bertz CT molecular complexity index is 1310. The van der Waals surface area contributed by atoms with Crippen molar-refractivity contribution in [1.82, 2.24) is 0 Å². The first-order chi connectivity index (χ1) is 16.1. The molecule has 0 unspecified atom stereocenters. The Morgan fingerprint density at radius 3 is 1.15 bits per heavy atom. The topological polar surface area (TPSA) is 138 Å². The Kier molecular flexibility index (Phi) is 5.91. The molecule has 0 aromatic heterocycles. The standard InChI is InChI=1S/C25H16Cl2O7/c26-17-5-11(23-19(30)7-13(28)8-20(23)31)1-3-15(17)25(34)16-4-2-12(6-18(16)27)24-21(32)9-14(29)10-22(24)33/h1-10,28-33H. The summed E-state index contributed by atoms with van der Waals surface area (Å²) in [4.78, 5) is 13.1. The summed E-state index contributed by atoms with van der Waals surface area (Å²) in [5.41, 5.74) is 0.915. The van der Waals surface area contributed by atoms with E-state index in [1.807, 2.05) is 0 Å². The lowest BCUT2D eigenvalue weighted by molar-refractivity contribution is 0.103. The highest BCUT2D eigenvalue weighted by atomic mass is 35.5. The van der Waals surface area contributed by atoms with E-state index in [-0.39, 0.29) is 66.8 Å². The van der Waals surface area contributed by atoms with Gasteiger partial charge in [-0.05, 0) is 35.4 Å². The van der Waals surface area contributed by atoms with Crippen LogP contribution in [0.15, 0.2) is 60.7 Å². The second-order valence-electron chi connectivity index (χ2n) is 7.44. The molecule has 4 aromatic rings. The lowest BCUT2D eigenvalue weighted by atomic mass is 9.96. The summed E-state index contributed by atoms with van der Waals surface area (Å²) in [5.74, 6) is -2.61. The summed E-state index contributed by atoms with van der Waals surface area (Å²) in [6.45, 7) is 0. The number of phenols is 6. The Balaban J connectivity index is 1.70. The third kappa shape index (κ3) is 4.14. The summed E-state index contributed by atoms with van der Waals surface area (Å²) in [6.07, 6.45) is 0. The van der Waals surface area contributed by atoms with Crippen LogP contribution in [0.25, 0.3) is 22.3 Å². The average molecular weight is 499 g/mol. The lowest BCUT2D eigenvalue weighted by Gasteiger charge is -2.12. The van der Waals surface area contributed by atoms with Crippen molar-refractivity contribution in [2.24, 2.45) is 0 Å². The molecule has 0 aliphatic carbocycles. The first-order valence-corrected chi connectivity index (χ1v) is 10.5. The van der Waals surface area contributed by atoms with Crippen LogP contribution in [0.4, 0.5) is 0 Å². The van der Waals surface area contributed by atoms with E-state index in [0.29, 0.717) is 11.1 Å². The Morgan fingerprint density at radius 1 is 0.529 bits per heavy atom. The number of carbonyl (C=O) groups is 1. The minimum Gasteiger partial charge on any atom is -0.508 e. The van der Waals surface area contributed by atoms with Gasteiger partial charge in [-0.25, -0.2) is 0 Å². The lowest BCUT2D eigenvalue weighted by Crippen LogP contribution is -2.03. The Hall–Kier alpha value is -4.07. The summed E-state index contributed by atoms with van der Waals surface area (Å²) in [7, 11) is 0. The first kappa shape index (κ1) is 23.1. The van der Waals surface area contributed by atoms with Gasteiger partial charge in [-0.2, -0.15) is 0 Å². The molecule has 9 heteroatoms. The van der Waals surface area contributed by atoms with Gasteiger partial charge in [0.1, 0.15) is 34.5 Å². The van der Waals surface area contributed by atoms with E-state index in [1.165, 1.54) is 36.4 Å². The highest BCUT2D eigenvalue weighted by Gasteiger charge is 2.20. The first-order valence-electron chi connectivity index (χ1n) is 9.71. The van der Waals surface area contributed by atoms with Gasteiger partial charge in [0.15, 0.2) is 5.78 Å². The molecule has 4 rings (SSSR count). The van der Waals surface area contributed by atoms with E-state index in [0.717, 1.165) is 24.3 Å². The van der Waals surface area contributed by atoms with Crippen LogP contribution < -0.4 is 0 Å². The van der Waals surface area contributed by atoms with Crippen molar-refractivity contribution in [3.63, 3.8) is 0 Å². The number of halogens is 2. The average Bonchev–Trinajstić information content (AvgIpc) is 2.72. The molecule has 172 valence electrons. The molecule has 0 bridgehead atoms. The van der Waals surface area contributed by atoms with Gasteiger partial charge in [0.2, 0.25) is 0 Å². The number of phenolic OH excluding ortho intramolecular Hbond substituents is 6. The summed E-state index contributed by atoms with van der Waals surface area (Å²) < 4.78 is 0. The molecule has 0 heterocycles. The number of rotatable bonds is 4. The molecule has 0 atom stereocenters. The monoisotopic (exact) mass is 498 g/mol. The van der Waals surface area contributed by atoms with Crippen LogP contribution >= 0.6 is 23.2 Å². The van der Waals surface area contributed by atoms with Crippen LogP contribution in [-0.4, -0.2) is 36.4 Å². The molecule has 0 saturated heterocycles. The van der Waals surface area contributed by atoms with Gasteiger partial charge in [0.05, 0.1) is 21.2 Å². The van der Waals surface area contributed by atoms with Crippen LogP contribution in [0.2, 0.25) is 10.0 Å². The van der Waals surface area contributed by atoms with Crippen molar-refractivity contribution in [2.45, 2.75) is 0 Å². The largest absolute Gasteiger partial charge is 0.508 e. The number of carbonyl (C=O) groups excluding carboxylic acids is 1. The van der Waals surface area contributed by atoms with Crippen molar-refractivity contribution in [1.29, 1.82) is 0 Å². The maximum atomic E-state index is 13.1. The molecule has 0 saturated carbocycles. The van der Waals surface area contributed by atoms with Gasteiger partial charge >= 0.3 is 0 Å². The smallest absolute Gasteiger partial charge is 0.196 e. The zero-order valence-corrected chi connectivity index (χ0v) is 18.6. The fourth-order valence-electron chi connectivity index (χ4n) is 3.64. The molecule has 0 aliphatic heterocycles. The highest BCUT2D eigenvalue weighted by Crippen LogP contribution is 2.43. The fraction of sp³-hybridized carbons (Fsp3) is 0. The quantitative estimate of drug-likeness (QED) is 0.195. The number of benzene rings is 4. The van der Waals surface area contributed by atoms with Crippen molar-refractivity contribution in [2.75, 3.05) is 0 Å². The van der Waals surface area contributed by atoms with Gasteiger partial charge in [-0.1, -0.05) is 35.3 Å². The van der Waals surface area contributed by atoms with Crippen LogP contribution in [0.1, 0.15) is 15.9 Å². The van der Waals surface area contributed by atoms with E-state index < -0.39 is 5.78 Å². The Labute approximate surface area is 203 Å². The molecule has 0 amide bonds. The van der Waals surface area contributed by atoms with Gasteiger partial charge in [0, 0.05) is 35.4 Å². The third-order valence-electron chi connectivity index (χ3n) is 5.17. The van der Waals surface area contributed by atoms with Crippen LogP contribution in [0, 0.1) is 0 Å². The molecule has 6 N–H and O–H groups in total. The molecule has 0 fully saturated rings. The van der Waals surface area contributed by atoms with Crippen LogP contribution in [-0.2, 0) is 0 Å². The third-order valence-corrected chi connectivity index (χ3v) is 5.79. The van der Waals surface area contributed by atoms with Crippen molar-refractivity contribution >= 4 is 29.0 Å². The van der Waals surface area contributed by atoms with Crippen molar-refractivity contribution in [3.8, 4) is 56.8 Å². The van der Waals surface area contributed by atoms with E-state index in [2.05, 4.69) is 0 Å². The predicted molar refractivity (Wildman–Crippen MR) is 127 cm³/mol. The number of aromatic hydroxyl groups is 6. The normalized spacial score (nSPS) is 10.9. The SMILES string of the molecule is O=C(c1ccc(-c2c(O)cc(O)cc2O)cc1Cl)c1ccc(-c2c(O)cc(O)cc2O)cc1Cl. The fourth-order valence-corrected chi connectivity index (χ4v) is 4.17. The van der Waals surface area contributed by atoms with Crippen molar-refractivity contribution < 1.29 is 35.4 Å². The van der Waals surface area contributed by atoms with E-state index in [1.54, 1.807) is 0 Å². The number of ketones is 1. The van der Waals surface area contributed by atoms with Crippen LogP contribution in [0.5, 0.6) is 34.5 Å². The molecule has 0 spiro atoms. The molecule has 0 radical (unpaired) electrons. The van der Waals surface area contributed by atoms with Gasteiger partial charge in [-0.3, -0.25) is 4.79 Å². The van der Waals surface area contributed by atoms with E-state index in [4.69, 9.17) is 23.2 Å². The molecule has 34 heavy (non-hydrogen) atoms. The van der Waals surface area contributed by atoms with Gasteiger partial charge in [-0.15, -0.1) is 0 Å². The zero-order valence-electron chi connectivity index (χ0n) is 17.1. The summed E-state index contributed by atoms with van der Waals surface area (Å²) in [5, 5.41) is 59.4. The number of hydrogen-bond donors (Lipinski definition) is 6. The Morgan fingerprint density at radius 2 is 0.853 bits per heavy atom. The highest BCUT2D eigenvalue weighted by molar-refractivity contribution is 6.38. The molecular weight excluding hydrogens is 483 g/mol. The predicted octanol–water partition coefficient (Wildman–Crippen LogP) is 5.79. The zero-order chi connectivity index (χ0) is 24.7. The molecule has 0 aliphatic rings. The minimum absolute atomic E-state index is 0.0309. The molecule has 4 aromatic carbocycles. The van der Waals surface area contributed by atoms with Gasteiger partial charge in [0.25, 0.3) is 0 Å². The summed E-state index contributed by atoms with van der Waals surface area (Å²) >= 11 is 12.7. The van der Waals surface area contributed by atoms with E-state index in [9.17, 15) is 35.4 Å². The second kappa shape index (κ2) is 8.70. The maximum absolute atomic E-state index is 13.1. The summed E-state index contributed by atoms with van der Waals surface area (Å²) in [6, 6.07) is 12.8. The number of hydrogen-bond acceptors (Lipinski definition) is 7. The minimum atomic E-state index is -0.508. The van der Waals surface area contributed by atoms with E-state index >= 15 is 0 Å².